The van der Waals surface area contributed by atoms with Gasteiger partial charge in [0.25, 0.3) is 0 Å². The van der Waals surface area contributed by atoms with E-state index in [1.165, 1.54) is 57.1 Å². The zero-order chi connectivity index (χ0) is 26.2. The highest BCUT2D eigenvalue weighted by molar-refractivity contribution is 5.33. The molecule has 6 aliphatic rings. The van der Waals surface area contributed by atoms with E-state index >= 15 is 0 Å². The van der Waals surface area contributed by atoms with Crippen LogP contribution in [-0.2, 0) is 11.3 Å². The van der Waals surface area contributed by atoms with Crippen LogP contribution in [0.1, 0.15) is 91.0 Å². The first-order valence-corrected chi connectivity index (χ1v) is 15.8. The van der Waals surface area contributed by atoms with Crippen molar-refractivity contribution in [2.45, 2.75) is 116 Å². The van der Waals surface area contributed by atoms with Crippen LogP contribution in [0.3, 0.4) is 0 Å². The lowest BCUT2D eigenvalue weighted by Crippen LogP contribution is -2.51. The number of nitrogens with zero attached hydrogens (tertiary/aromatic N) is 1. The van der Waals surface area contributed by atoms with Gasteiger partial charge >= 0.3 is 0 Å². The number of fused-ring (bicyclic) bond motifs is 6. The van der Waals surface area contributed by atoms with E-state index in [0.29, 0.717) is 29.4 Å². The maximum Gasteiger partial charge on any atom is 0.0765 e. The van der Waals surface area contributed by atoms with Gasteiger partial charge in [0.05, 0.1) is 17.8 Å². The van der Waals surface area contributed by atoms with E-state index < -0.39 is 0 Å². The maximum atomic E-state index is 10.3. The predicted molar refractivity (Wildman–Crippen MR) is 153 cm³/mol. The third-order valence-electron chi connectivity index (χ3n) is 12.5. The number of hydrogen-bond donors (Lipinski definition) is 1. The number of allylic oxidation sites excluding steroid dienone is 2. The summed E-state index contributed by atoms with van der Waals surface area (Å²) in [4.78, 5) is 2.78. The molecule has 3 nitrogen and oxygen atoms in total. The molecule has 1 aromatic carbocycles. The summed E-state index contributed by atoms with van der Waals surface area (Å²) >= 11 is 0. The number of hydrogen-bond acceptors (Lipinski definition) is 3. The fourth-order valence-corrected chi connectivity index (χ4v) is 10.7. The molecule has 1 N–H and O–H groups in total. The molecular formula is C35H49NO2. The summed E-state index contributed by atoms with van der Waals surface area (Å²) in [5.74, 6) is 3.59. The van der Waals surface area contributed by atoms with Crippen molar-refractivity contribution in [2.24, 2.45) is 35.0 Å². The van der Waals surface area contributed by atoms with Gasteiger partial charge in [0.1, 0.15) is 0 Å². The Hall–Kier alpha value is -1.42. The molecule has 7 rings (SSSR count). The summed E-state index contributed by atoms with van der Waals surface area (Å²) in [6.07, 6.45) is 13.2. The largest absolute Gasteiger partial charge is 0.389 e. The minimum atomic E-state index is -0.212. The van der Waals surface area contributed by atoms with Gasteiger partial charge in [-0.05, 0) is 99.4 Å². The Kier molecular flexibility index (Phi) is 6.26. The highest BCUT2D eigenvalue weighted by Crippen LogP contribution is 2.64. The van der Waals surface area contributed by atoms with Gasteiger partial charge in [-0.1, -0.05) is 73.9 Å². The van der Waals surface area contributed by atoms with Crippen LogP contribution in [0.4, 0.5) is 0 Å². The van der Waals surface area contributed by atoms with Gasteiger partial charge in [0.15, 0.2) is 0 Å². The SMILES string of the molecule is CC1=C2CC3C(CCC4=CC(O)CCC43C)C2CCC2(C1)OC1CC(C)CN(Cc3ccccc3)C1C2C. The number of aliphatic hydroxyl groups is 1. The Morgan fingerprint density at radius 3 is 2.71 bits per heavy atom. The molecule has 2 heterocycles. The molecule has 2 saturated carbocycles. The lowest BCUT2D eigenvalue weighted by Gasteiger charge is -2.49. The topological polar surface area (TPSA) is 32.7 Å². The van der Waals surface area contributed by atoms with Crippen LogP contribution in [0.5, 0.6) is 0 Å². The van der Waals surface area contributed by atoms with Crippen LogP contribution in [0.2, 0.25) is 0 Å². The average Bonchev–Trinajstić information content (AvgIpc) is 3.35. The van der Waals surface area contributed by atoms with Crippen molar-refractivity contribution in [2.75, 3.05) is 6.54 Å². The number of likely N-dealkylation sites (tertiary alicyclic amines) is 1. The van der Waals surface area contributed by atoms with Crippen molar-refractivity contribution in [1.82, 2.24) is 4.90 Å². The fraction of sp³-hybridized carbons (Fsp3) is 0.714. The first-order chi connectivity index (χ1) is 18.3. The summed E-state index contributed by atoms with van der Waals surface area (Å²) < 4.78 is 7.30. The lowest BCUT2D eigenvalue weighted by atomic mass is 9.56. The number of benzene rings is 1. The second kappa shape index (κ2) is 9.32. The normalized spacial score (nSPS) is 46.7. The summed E-state index contributed by atoms with van der Waals surface area (Å²) in [5.41, 5.74) is 6.80. The van der Waals surface area contributed by atoms with Gasteiger partial charge in [-0.2, -0.15) is 0 Å². The Bertz CT molecular complexity index is 1120. The minimum Gasteiger partial charge on any atom is -0.389 e. The first kappa shape index (κ1) is 25.5. The van der Waals surface area contributed by atoms with Crippen LogP contribution in [0.25, 0.3) is 0 Å². The molecule has 0 amide bonds. The molecule has 1 spiro atoms. The van der Waals surface area contributed by atoms with Gasteiger partial charge in [0.2, 0.25) is 0 Å². The van der Waals surface area contributed by atoms with Gasteiger partial charge in [-0.25, -0.2) is 0 Å². The molecular weight excluding hydrogens is 466 g/mol. The summed E-state index contributed by atoms with van der Waals surface area (Å²) in [6, 6.07) is 11.6. The summed E-state index contributed by atoms with van der Waals surface area (Å²) in [5, 5.41) is 10.3. The average molecular weight is 516 g/mol. The molecule has 38 heavy (non-hydrogen) atoms. The zero-order valence-corrected chi connectivity index (χ0v) is 24.2. The first-order valence-electron chi connectivity index (χ1n) is 15.8. The third kappa shape index (κ3) is 3.93. The molecule has 2 saturated heterocycles. The molecule has 0 bridgehead atoms. The number of ether oxygens (including phenoxy) is 1. The zero-order valence-electron chi connectivity index (χ0n) is 24.2. The molecule has 4 aliphatic carbocycles. The Labute approximate surface area is 230 Å². The van der Waals surface area contributed by atoms with Crippen molar-refractivity contribution < 1.29 is 9.84 Å². The molecule has 10 atom stereocenters. The predicted octanol–water partition coefficient (Wildman–Crippen LogP) is 7.30. The highest BCUT2D eigenvalue weighted by Gasteiger charge is 2.59. The van der Waals surface area contributed by atoms with Crippen LogP contribution in [-0.4, -0.2) is 40.4 Å². The van der Waals surface area contributed by atoms with E-state index in [1.807, 2.05) is 5.57 Å². The van der Waals surface area contributed by atoms with E-state index in [-0.39, 0.29) is 11.7 Å². The Balaban J connectivity index is 1.16. The van der Waals surface area contributed by atoms with E-state index in [9.17, 15) is 5.11 Å². The molecule has 0 aromatic heterocycles. The molecule has 10 unspecified atom stereocenters. The van der Waals surface area contributed by atoms with Gasteiger partial charge in [0, 0.05) is 25.0 Å². The minimum absolute atomic E-state index is 0.00380. The van der Waals surface area contributed by atoms with Crippen LogP contribution in [0, 0.1) is 35.0 Å². The van der Waals surface area contributed by atoms with Crippen molar-refractivity contribution >= 4 is 0 Å². The molecule has 1 aromatic rings. The van der Waals surface area contributed by atoms with Crippen LogP contribution >= 0.6 is 0 Å². The van der Waals surface area contributed by atoms with Crippen molar-refractivity contribution in [1.29, 1.82) is 0 Å². The second-order valence-corrected chi connectivity index (χ2v) is 14.6. The fourth-order valence-electron chi connectivity index (χ4n) is 10.7. The number of aliphatic hydroxyl groups excluding tert-OH is 1. The molecule has 3 heteroatoms. The molecule has 2 aliphatic heterocycles. The quantitative estimate of drug-likeness (QED) is 0.419. The van der Waals surface area contributed by atoms with E-state index in [1.54, 1.807) is 11.1 Å². The van der Waals surface area contributed by atoms with Crippen molar-refractivity contribution in [3.63, 3.8) is 0 Å². The Morgan fingerprint density at radius 1 is 1.08 bits per heavy atom. The van der Waals surface area contributed by atoms with Gasteiger partial charge < -0.3 is 9.84 Å². The van der Waals surface area contributed by atoms with Gasteiger partial charge in [-0.3, -0.25) is 4.90 Å². The van der Waals surface area contributed by atoms with Crippen molar-refractivity contribution in [3.05, 3.63) is 58.7 Å². The monoisotopic (exact) mass is 515 g/mol. The molecule has 0 radical (unpaired) electrons. The van der Waals surface area contributed by atoms with Crippen molar-refractivity contribution in [3.8, 4) is 0 Å². The smallest absolute Gasteiger partial charge is 0.0765 e. The van der Waals surface area contributed by atoms with Crippen LogP contribution < -0.4 is 0 Å². The maximum absolute atomic E-state index is 10.3. The number of piperidine rings is 1. The standard InChI is InChI=1S/C35H49NO2/c1-22-16-32-33(36(20-22)21-25-8-6-5-7-9-25)24(3)35(38-32)15-13-28-29-11-10-26-17-27(37)12-14-34(26,4)31(29)18-30(28)23(2)19-35/h5-9,17,22,24,27-29,31-33,37H,10-16,18-21H2,1-4H3. The van der Waals surface area contributed by atoms with E-state index in [0.717, 1.165) is 37.1 Å². The summed E-state index contributed by atoms with van der Waals surface area (Å²) in [6.45, 7) is 12.2. The van der Waals surface area contributed by atoms with E-state index in [2.05, 4.69) is 69.0 Å². The Morgan fingerprint density at radius 2 is 1.89 bits per heavy atom. The second-order valence-electron chi connectivity index (χ2n) is 14.6. The number of rotatable bonds is 2. The third-order valence-corrected chi connectivity index (χ3v) is 12.5. The highest BCUT2D eigenvalue weighted by atomic mass is 16.5. The lowest BCUT2D eigenvalue weighted by molar-refractivity contribution is -0.0799. The van der Waals surface area contributed by atoms with Gasteiger partial charge in [-0.15, -0.1) is 0 Å². The summed E-state index contributed by atoms with van der Waals surface area (Å²) in [7, 11) is 0. The molecule has 4 fully saturated rings. The van der Waals surface area contributed by atoms with E-state index in [4.69, 9.17) is 4.74 Å². The molecule has 206 valence electrons. The van der Waals surface area contributed by atoms with Crippen LogP contribution in [0.15, 0.2) is 53.1 Å².